The summed E-state index contributed by atoms with van der Waals surface area (Å²) in [6, 6.07) is 0.706. The molecule has 1 atom stereocenters. The molecule has 0 aromatic carbocycles. The van der Waals surface area contributed by atoms with E-state index in [1.54, 1.807) is 11.5 Å². The van der Waals surface area contributed by atoms with Crippen LogP contribution in [0, 0.1) is 11.3 Å². The van der Waals surface area contributed by atoms with Gasteiger partial charge in [-0.15, -0.1) is 0 Å². The smallest absolute Gasteiger partial charge is 0.205 e. The van der Waals surface area contributed by atoms with Crippen molar-refractivity contribution in [3.8, 4) is 0 Å². The van der Waals surface area contributed by atoms with E-state index in [1.807, 2.05) is 0 Å². The van der Waals surface area contributed by atoms with Crippen LogP contribution in [0.1, 0.15) is 44.9 Å². The summed E-state index contributed by atoms with van der Waals surface area (Å²) < 4.78 is 10.0. The van der Waals surface area contributed by atoms with Crippen molar-refractivity contribution in [1.82, 2.24) is 9.36 Å². The first-order valence-corrected chi connectivity index (χ1v) is 8.77. The molecule has 4 rings (SSSR count). The first-order valence-electron chi connectivity index (χ1n) is 7.99. The fourth-order valence-electron chi connectivity index (χ4n) is 4.31. The van der Waals surface area contributed by atoms with Crippen LogP contribution >= 0.6 is 11.5 Å². The molecule has 3 aliphatic rings. The number of rotatable bonds is 3. The van der Waals surface area contributed by atoms with E-state index in [0.717, 1.165) is 36.5 Å². The van der Waals surface area contributed by atoms with Crippen LogP contribution in [-0.4, -0.2) is 35.2 Å². The van der Waals surface area contributed by atoms with Gasteiger partial charge in [-0.25, -0.2) is 4.98 Å². The van der Waals surface area contributed by atoms with Crippen LogP contribution in [0.3, 0.4) is 0 Å². The van der Waals surface area contributed by atoms with Gasteiger partial charge >= 0.3 is 0 Å². The van der Waals surface area contributed by atoms with Gasteiger partial charge in [0.2, 0.25) is 5.13 Å². The molecule has 1 aliphatic carbocycles. The lowest BCUT2D eigenvalue weighted by molar-refractivity contribution is -0.0364. The summed E-state index contributed by atoms with van der Waals surface area (Å²) in [4.78, 5) is 7.28. The molecule has 4 nitrogen and oxygen atoms in total. The van der Waals surface area contributed by atoms with E-state index in [0.29, 0.717) is 11.5 Å². The molecule has 2 aliphatic heterocycles. The third-order valence-electron chi connectivity index (χ3n) is 5.53. The Labute approximate surface area is 124 Å². The molecule has 5 heteroatoms. The van der Waals surface area contributed by atoms with E-state index in [2.05, 4.69) is 16.2 Å². The third-order valence-corrected chi connectivity index (χ3v) is 6.32. The van der Waals surface area contributed by atoms with Gasteiger partial charge in [-0.05, 0) is 31.6 Å². The Morgan fingerprint density at radius 1 is 1.35 bits per heavy atom. The first-order chi connectivity index (χ1) is 9.82. The number of aromatic nitrogens is 2. The van der Waals surface area contributed by atoms with Crippen LogP contribution in [0.5, 0.6) is 0 Å². The van der Waals surface area contributed by atoms with E-state index >= 15 is 0 Å². The number of hydrogen-bond donors (Lipinski definition) is 0. The Kier molecular flexibility index (Phi) is 3.22. The Hall–Kier alpha value is -0.680. The van der Waals surface area contributed by atoms with Crippen molar-refractivity contribution in [2.75, 3.05) is 24.7 Å². The van der Waals surface area contributed by atoms with Gasteiger partial charge in [-0.2, -0.15) is 4.37 Å². The standard InChI is InChI=1S/C15H23N3OS/c1-2-12-16-14(20-17-12)18-10-15(6-3-7-15)13(18)11-4-8-19-9-5-11/h11,13H,2-10H2,1H3/t13-/m1/s1. The third kappa shape index (κ3) is 1.90. The Morgan fingerprint density at radius 3 is 2.75 bits per heavy atom. The zero-order valence-corrected chi connectivity index (χ0v) is 13.0. The van der Waals surface area contributed by atoms with Gasteiger partial charge in [-0.3, -0.25) is 0 Å². The molecule has 0 amide bonds. The molecular weight excluding hydrogens is 270 g/mol. The van der Waals surface area contributed by atoms with Crippen molar-refractivity contribution in [3.05, 3.63) is 5.82 Å². The maximum Gasteiger partial charge on any atom is 0.205 e. The molecule has 1 saturated carbocycles. The second-order valence-electron chi connectivity index (χ2n) is 6.59. The molecule has 0 bridgehead atoms. The predicted octanol–water partition coefficient (Wildman–Crippen LogP) is 2.89. The highest BCUT2D eigenvalue weighted by Crippen LogP contribution is 2.57. The quantitative estimate of drug-likeness (QED) is 0.859. The van der Waals surface area contributed by atoms with Crippen molar-refractivity contribution in [2.24, 2.45) is 11.3 Å². The fourth-order valence-corrected chi connectivity index (χ4v) is 5.10. The van der Waals surface area contributed by atoms with Crippen molar-refractivity contribution in [3.63, 3.8) is 0 Å². The van der Waals surface area contributed by atoms with Gasteiger partial charge in [0, 0.05) is 49.2 Å². The van der Waals surface area contributed by atoms with E-state index in [9.17, 15) is 0 Å². The maximum atomic E-state index is 5.56. The van der Waals surface area contributed by atoms with Gasteiger partial charge < -0.3 is 9.64 Å². The average Bonchev–Trinajstić information content (AvgIpc) is 2.86. The van der Waals surface area contributed by atoms with Gasteiger partial charge in [0.1, 0.15) is 5.82 Å². The largest absolute Gasteiger partial charge is 0.381 e. The number of anilines is 1. The highest BCUT2D eigenvalue weighted by Gasteiger charge is 2.59. The number of aryl methyl sites for hydroxylation is 1. The average molecular weight is 293 g/mol. The van der Waals surface area contributed by atoms with Gasteiger partial charge in [-0.1, -0.05) is 13.3 Å². The summed E-state index contributed by atoms with van der Waals surface area (Å²) in [7, 11) is 0. The fraction of sp³-hybridized carbons (Fsp3) is 0.867. The molecule has 0 N–H and O–H groups in total. The number of ether oxygens (including phenoxy) is 1. The summed E-state index contributed by atoms with van der Waals surface area (Å²) in [5, 5.41) is 1.16. The molecule has 3 heterocycles. The van der Waals surface area contributed by atoms with Gasteiger partial charge in [0.15, 0.2) is 0 Å². The topological polar surface area (TPSA) is 38.2 Å². The molecule has 20 heavy (non-hydrogen) atoms. The summed E-state index contributed by atoms with van der Waals surface area (Å²) in [5.74, 6) is 1.80. The Morgan fingerprint density at radius 2 is 2.15 bits per heavy atom. The zero-order chi connectivity index (χ0) is 13.6. The van der Waals surface area contributed by atoms with Crippen molar-refractivity contribution < 1.29 is 4.74 Å². The predicted molar refractivity (Wildman–Crippen MR) is 80.2 cm³/mol. The van der Waals surface area contributed by atoms with E-state index in [1.165, 1.54) is 38.6 Å². The lowest BCUT2D eigenvalue weighted by Crippen LogP contribution is -2.70. The Balaban J connectivity index is 1.56. The highest BCUT2D eigenvalue weighted by molar-refractivity contribution is 7.09. The summed E-state index contributed by atoms with van der Waals surface area (Å²) in [6.45, 7) is 5.24. The van der Waals surface area contributed by atoms with Crippen LogP contribution in [0.15, 0.2) is 0 Å². The SMILES string of the molecule is CCc1nsc(N2CC3(CCC3)[C@H]2C2CCOCC2)n1. The van der Waals surface area contributed by atoms with Crippen molar-refractivity contribution in [1.29, 1.82) is 0 Å². The maximum absolute atomic E-state index is 5.56. The van der Waals surface area contributed by atoms with E-state index in [4.69, 9.17) is 9.72 Å². The molecule has 1 aromatic heterocycles. The Bertz CT molecular complexity index is 479. The lowest BCUT2D eigenvalue weighted by atomic mass is 9.54. The summed E-state index contributed by atoms with van der Waals surface area (Å²) in [6.07, 6.45) is 7.65. The molecule has 0 unspecified atom stereocenters. The van der Waals surface area contributed by atoms with E-state index in [-0.39, 0.29) is 0 Å². The number of nitrogens with zero attached hydrogens (tertiary/aromatic N) is 3. The second-order valence-corrected chi connectivity index (χ2v) is 7.32. The first kappa shape index (κ1) is 13.0. The minimum Gasteiger partial charge on any atom is -0.381 e. The molecule has 2 saturated heterocycles. The molecule has 0 radical (unpaired) electrons. The van der Waals surface area contributed by atoms with Crippen LogP contribution in [0.4, 0.5) is 5.13 Å². The van der Waals surface area contributed by atoms with Crippen molar-refractivity contribution >= 4 is 16.7 Å². The molecular formula is C15H23N3OS. The van der Waals surface area contributed by atoms with Crippen LogP contribution in [0.25, 0.3) is 0 Å². The van der Waals surface area contributed by atoms with Gasteiger partial charge in [0.25, 0.3) is 0 Å². The van der Waals surface area contributed by atoms with Crippen molar-refractivity contribution in [2.45, 2.75) is 51.5 Å². The highest BCUT2D eigenvalue weighted by atomic mass is 32.1. The van der Waals surface area contributed by atoms with Gasteiger partial charge in [0.05, 0.1) is 0 Å². The number of hydrogen-bond acceptors (Lipinski definition) is 5. The van der Waals surface area contributed by atoms with E-state index < -0.39 is 0 Å². The van der Waals surface area contributed by atoms with Crippen LogP contribution in [-0.2, 0) is 11.2 Å². The molecule has 110 valence electrons. The zero-order valence-electron chi connectivity index (χ0n) is 12.2. The molecule has 1 aromatic rings. The summed E-state index contributed by atoms with van der Waals surface area (Å²) in [5.41, 5.74) is 0.611. The van der Waals surface area contributed by atoms with Crippen LogP contribution < -0.4 is 4.90 Å². The minimum absolute atomic E-state index is 0.611. The monoisotopic (exact) mass is 293 g/mol. The molecule has 1 spiro atoms. The minimum atomic E-state index is 0.611. The van der Waals surface area contributed by atoms with Crippen LogP contribution in [0.2, 0.25) is 0 Å². The summed E-state index contributed by atoms with van der Waals surface area (Å²) >= 11 is 1.59. The normalized spacial score (nSPS) is 29.2. The molecule has 3 fully saturated rings. The lowest BCUT2D eigenvalue weighted by Gasteiger charge is -2.65. The second kappa shape index (κ2) is 4.95.